The average molecular weight is 1110 g/mol. The van der Waals surface area contributed by atoms with Crippen molar-refractivity contribution >= 4 is 54.5 Å². The Bertz CT molecular complexity index is 3940. The predicted molar refractivity (Wildman–Crippen MR) is 298 cm³/mol. The zero-order valence-electron chi connectivity index (χ0n) is 43.7. The second-order valence-corrected chi connectivity index (χ2v) is 20.1. The standard InChI is InChI=1S/C51H39N2O.C16H18N.Ir/c1-31(2)41-28-36(33-16-7-5-8-17-33)29-42(32(3)4)49(41)53-45-25-14-13-24-44(45)52-51(53)40-23-15-22-39-48-46(54-50(39)40)30-43(34-18-9-6-10-19-34)38-27-26-35-20-11-12-21-37(35)47(38)48;1-16(2,3)11-13-9-10-15(17-12-13)14-7-5-4-6-8-14;/h5-22,24-32H,1-4H3;4-7,9-10,12H,11H2,1-3H3;/q2*-1;/i;11D2;. The number of benzene rings is 9. The van der Waals surface area contributed by atoms with Crippen molar-refractivity contribution in [1.82, 2.24) is 14.5 Å². The predicted octanol–water partition coefficient (Wildman–Crippen LogP) is 18.4. The van der Waals surface area contributed by atoms with Gasteiger partial charge in [0.15, 0.2) is 0 Å². The maximum Gasteiger partial charge on any atom is 0.122 e. The number of furan rings is 1. The minimum Gasteiger partial charge on any atom is -0.500 e. The van der Waals surface area contributed by atoms with Gasteiger partial charge in [-0.1, -0.05) is 181 Å². The van der Waals surface area contributed by atoms with Crippen LogP contribution in [0.4, 0.5) is 0 Å². The van der Waals surface area contributed by atoms with Crippen molar-refractivity contribution in [2.24, 2.45) is 5.41 Å². The summed E-state index contributed by atoms with van der Waals surface area (Å²) in [4.78, 5) is 9.77. The number of nitrogens with zero attached hydrogens (tertiary/aromatic N) is 3. The van der Waals surface area contributed by atoms with Gasteiger partial charge in [-0.2, -0.15) is 0 Å². The molecule has 12 rings (SSSR count). The Balaban J connectivity index is 0.000000265. The molecule has 3 heterocycles. The molecule has 357 valence electrons. The monoisotopic (exact) mass is 1110 g/mol. The summed E-state index contributed by atoms with van der Waals surface area (Å²) < 4.78 is 25.9. The van der Waals surface area contributed by atoms with Gasteiger partial charge < -0.3 is 14.0 Å². The number of aromatic nitrogens is 3. The fourth-order valence-corrected chi connectivity index (χ4v) is 10.1. The van der Waals surface area contributed by atoms with Gasteiger partial charge in [-0.3, -0.25) is 4.98 Å². The molecule has 0 bridgehead atoms. The molecule has 0 atom stereocenters. The summed E-state index contributed by atoms with van der Waals surface area (Å²) in [7, 11) is 0. The van der Waals surface area contributed by atoms with E-state index in [1.807, 2.05) is 63.2 Å². The Hall–Kier alpha value is -7.43. The molecule has 1 radical (unpaired) electrons. The van der Waals surface area contributed by atoms with E-state index in [0.29, 0.717) is 5.56 Å². The molecule has 72 heavy (non-hydrogen) atoms. The van der Waals surface area contributed by atoms with Crippen molar-refractivity contribution in [1.29, 1.82) is 0 Å². The largest absolute Gasteiger partial charge is 0.500 e. The molecular weight excluding hydrogens is 1050 g/mol. The Morgan fingerprint density at radius 1 is 0.611 bits per heavy atom. The van der Waals surface area contributed by atoms with Gasteiger partial charge in [0.05, 0.1) is 22.4 Å². The molecule has 4 nitrogen and oxygen atoms in total. The second kappa shape index (κ2) is 20.0. The molecule has 0 aliphatic rings. The van der Waals surface area contributed by atoms with Crippen LogP contribution < -0.4 is 0 Å². The van der Waals surface area contributed by atoms with Crippen molar-refractivity contribution in [2.75, 3.05) is 0 Å². The number of hydrogen-bond donors (Lipinski definition) is 0. The first kappa shape index (κ1) is 45.7. The van der Waals surface area contributed by atoms with Crippen molar-refractivity contribution < 1.29 is 27.3 Å². The van der Waals surface area contributed by atoms with Gasteiger partial charge in [-0.25, -0.2) is 0 Å². The van der Waals surface area contributed by atoms with Crippen LogP contribution in [-0.4, -0.2) is 14.5 Å². The van der Waals surface area contributed by atoms with E-state index in [1.165, 1.54) is 49.5 Å². The fourth-order valence-electron chi connectivity index (χ4n) is 10.1. The smallest absolute Gasteiger partial charge is 0.122 e. The van der Waals surface area contributed by atoms with Crippen LogP contribution in [0.3, 0.4) is 0 Å². The van der Waals surface area contributed by atoms with Crippen LogP contribution in [0.5, 0.6) is 0 Å². The summed E-state index contributed by atoms with van der Waals surface area (Å²) in [5, 5.41) is 7.01. The molecule has 0 saturated carbocycles. The normalized spacial score (nSPS) is 12.3. The molecule has 0 aliphatic carbocycles. The van der Waals surface area contributed by atoms with Crippen molar-refractivity contribution in [3.8, 4) is 50.6 Å². The van der Waals surface area contributed by atoms with E-state index in [4.69, 9.17) is 12.1 Å². The molecule has 12 aromatic rings. The molecule has 3 aromatic heterocycles. The minimum atomic E-state index is -1.40. The van der Waals surface area contributed by atoms with Crippen LogP contribution in [-0.2, 0) is 26.5 Å². The average Bonchev–Trinajstić information content (AvgIpc) is 4.01. The number of para-hydroxylation sites is 2. The van der Waals surface area contributed by atoms with Crippen LogP contribution in [0, 0.1) is 17.5 Å². The van der Waals surface area contributed by atoms with E-state index in [2.05, 4.69) is 195 Å². The van der Waals surface area contributed by atoms with E-state index < -0.39 is 11.8 Å². The van der Waals surface area contributed by atoms with E-state index in [-0.39, 0.29) is 31.9 Å². The SMILES string of the molecule is CC(C)c1cc(-c2ccccc2)cc(C(C)C)c1-n1c(-c2[c-]ccc3c2oc2cc(-c4ccccc4)c4ccc5ccccc5c4c23)nc2ccccc21.[2H]C([2H])(c1ccc(-c2[c-]cccc2)nc1)C(C)(C)C.[Ir]. The maximum atomic E-state index is 8.21. The molecule has 0 spiro atoms. The Morgan fingerprint density at radius 3 is 1.97 bits per heavy atom. The number of imidazole rings is 1. The van der Waals surface area contributed by atoms with E-state index in [1.54, 1.807) is 6.20 Å². The van der Waals surface area contributed by atoms with Crippen LogP contribution in [0.25, 0.3) is 105 Å². The van der Waals surface area contributed by atoms with Gasteiger partial charge in [-0.05, 0) is 115 Å². The molecule has 0 amide bonds. The molecule has 0 fully saturated rings. The molecule has 0 aliphatic heterocycles. The van der Waals surface area contributed by atoms with Crippen LogP contribution in [0.2, 0.25) is 0 Å². The first-order chi connectivity index (χ1) is 35.3. The van der Waals surface area contributed by atoms with Gasteiger partial charge in [0, 0.05) is 45.5 Å². The van der Waals surface area contributed by atoms with Gasteiger partial charge in [0.1, 0.15) is 5.58 Å². The Morgan fingerprint density at radius 2 is 1.29 bits per heavy atom. The molecular formula is C67H57IrN3O-2. The third kappa shape index (κ3) is 9.20. The zero-order valence-corrected chi connectivity index (χ0v) is 44.1. The van der Waals surface area contributed by atoms with Crippen LogP contribution >= 0.6 is 0 Å². The summed E-state index contributed by atoms with van der Waals surface area (Å²) >= 11 is 0. The summed E-state index contributed by atoms with van der Waals surface area (Å²) in [6, 6.07) is 72.3. The van der Waals surface area contributed by atoms with Gasteiger partial charge >= 0.3 is 0 Å². The number of hydrogen-bond acceptors (Lipinski definition) is 3. The minimum absolute atomic E-state index is 0. The third-order valence-electron chi connectivity index (χ3n) is 13.3. The van der Waals surface area contributed by atoms with Gasteiger partial charge in [0.2, 0.25) is 0 Å². The summed E-state index contributed by atoms with van der Waals surface area (Å²) in [5.74, 6) is 1.35. The number of fused-ring (bicyclic) bond motifs is 8. The first-order valence-corrected chi connectivity index (χ1v) is 24.7. The quantitative estimate of drug-likeness (QED) is 0.112. The molecule has 0 saturated heterocycles. The van der Waals surface area contributed by atoms with E-state index >= 15 is 0 Å². The van der Waals surface area contributed by atoms with Crippen molar-refractivity contribution in [3.63, 3.8) is 0 Å². The number of pyridine rings is 1. The van der Waals surface area contributed by atoms with Crippen molar-refractivity contribution in [2.45, 2.75) is 66.7 Å². The maximum absolute atomic E-state index is 8.21. The van der Waals surface area contributed by atoms with Gasteiger partial charge in [-0.15, -0.1) is 54.1 Å². The third-order valence-corrected chi connectivity index (χ3v) is 13.3. The molecule has 9 aromatic carbocycles. The molecule has 0 unspecified atom stereocenters. The zero-order chi connectivity index (χ0) is 50.6. The number of rotatable bonds is 8. The van der Waals surface area contributed by atoms with E-state index in [0.717, 1.165) is 66.7 Å². The van der Waals surface area contributed by atoms with Crippen LogP contribution in [0.1, 0.15) is 79.7 Å². The summed E-state index contributed by atoms with van der Waals surface area (Å²) in [6.45, 7) is 14.9. The topological polar surface area (TPSA) is 43.9 Å². The molecule has 0 N–H and O–H groups in total. The Kier molecular flexibility index (Phi) is 12.7. The molecule has 5 heteroatoms. The van der Waals surface area contributed by atoms with Gasteiger partial charge in [0.25, 0.3) is 0 Å². The fraction of sp³-hybridized carbons (Fsp3) is 0.164. The second-order valence-electron chi connectivity index (χ2n) is 20.1. The van der Waals surface area contributed by atoms with E-state index in [9.17, 15) is 0 Å². The van der Waals surface area contributed by atoms with Crippen molar-refractivity contribution in [3.05, 3.63) is 223 Å². The summed E-state index contributed by atoms with van der Waals surface area (Å²) in [6.07, 6.45) is 0.223. The first-order valence-electron chi connectivity index (χ1n) is 25.7. The summed E-state index contributed by atoms with van der Waals surface area (Å²) in [5.41, 5.74) is 14.9. The van der Waals surface area contributed by atoms with Crippen LogP contribution in [0.15, 0.2) is 199 Å². The Labute approximate surface area is 439 Å².